The van der Waals surface area contributed by atoms with Crippen molar-refractivity contribution in [2.75, 3.05) is 13.7 Å². The number of amides is 1. The van der Waals surface area contributed by atoms with Gasteiger partial charge in [-0.2, -0.15) is 0 Å². The number of hydrogen-bond acceptors (Lipinski definition) is 3. The molecule has 0 atom stereocenters. The summed E-state index contributed by atoms with van der Waals surface area (Å²) in [6.45, 7) is -0.0382. The standard InChI is InChI=1S/C9H14ClNO3/c1-14-8(12)6-11(9(10)13)7-4-2-3-5-7/h7H,2-6H2,1H3. The molecule has 1 rings (SSSR count). The first kappa shape index (κ1) is 11.3. The van der Waals surface area contributed by atoms with E-state index in [1.165, 1.54) is 12.0 Å². The van der Waals surface area contributed by atoms with Crippen LogP contribution in [0.25, 0.3) is 0 Å². The molecule has 1 saturated carbocycles. The van der Waals surface area contributed by atoms with Gasteiger partial charge in [0.25, 0.3) is 0 Å². The van der Waals surface area contributed by atoms with E-state index in [9.17, 15) is 9.59 Å². The molecular weight excluding hydrogens is 206 g/mol. The van der Waals surface area contributed by atoms with Gasteiger partial charge >= 0.3 is 11.3 Å². The molecule has 80 valence electrons. The summed E-state index contributed by atoms with van der Waals surface area (Å²) in [5, 5.41) is -0.567. The molecular formula is C9H14ClNO3. The van der Waals surface area contributed by atoms with Gasteiger partial charge in [0.2, 0.25) is 0 Å². The Balaban J connectivity index is 2.54. The van der Waals surface area contributed by atoms with Crippen LogP contribution in [0.15, 0.2) is 0 Å². The van der Waals surface area contributed by atoms with Crippen molar-refractivity contribution in [3.05, 3.63) is 0 Å². The first-order valence-corrected chi connectivity index (χ1v) is 5.06. The highest BCUT2D eigenvalue weighted by Crippen LogP contribution is 2.24. The number of carbonyl (C=O) groups excluding carboxylic acids is 2. The van der Waals surface area contributed by atoms with Crippen LogP contribution < -0.4 is 0 Å². The molecule has 0 radical (unpaired) electrons. The van der Waals surface area contributed by atoms with Crippen molar-refractivity contribution in [1.82, 2.24) is 4.90 Å². The molecule has 0 heterocycles. The first-order valence-electron chi connectivity index (χ1n) is 4.68. The second-order valence-electron chi connectivity index (χ2n) is 3.40. The van der Waals surface area contributed by atoms with Crippen LogP contribution in [-0.4, -0.2) is 35.9 Å². The van der Waals surface area contributed by atoms with Crippen molar-refractivity contribution in [2.24, 2.45) is 0 Å². The molecule has 0 aromatic rings. The van der Waals surface area contributed by atoms with Gasteiger partial charge in [-0.1, -0.05) is 12.8 Å². The third-order valence-electron chi connectivity index (χ3n) is 2.52. The van der Waals surface area contributed by atoms with E-state index in [-0.39, 0.29) is 12.6 Å². The van der Waals surface area contributed by atoms with Crippen molar-refractivity contribution in [1.29, 1.82) is 0 Å². The molecule has 1 fully saturated rings. The first-order chi connectivity index (χ1) is 6.65. The van der Waals surface area contributed by atoms with E-state index in [4.69, 9.17) is 11.6 Å². The lowest BCUT2D eigenvalue weighted by molar-refractivity contribution is -0.141. The molecule has 5 heteroatoms. The molecule has 0 aliphatic heterocycles. The Labute approximate surface area is 88.2 Å². The fourth-order valence-corrected chi connectivity index (χ4v) is 1.95. The lowest BCUT2D eigenvalue weighted by atomic mass is 10.2. The number of carbonyl (C=O) groups is 2. The lowest BCUT2D eigenvalue weighted by Crippen LogP contribution is -2.39. The molecule has 1 aliphatic carbocycles. The molecule has 0 bridgehead atoms. The van der Waals surface area contributed by atoms with Crippen molar-refractivity contribution < 1.29 is 14.3 Å². The summed E-state index contributed by atoms with van der Waals surface area (Å²) in [4.78, 5) is 23.5. The summed E-state index contributed by atoms with van der Waals surface area (Å²) in [6, 6.07) is 0.110. The van der Waals surface area contributed by atoms with Gasteiger partial charge in [0.15, 0.2) is 0 Å². The van der Waals surface area contributed by atoms with Gasteiger partial charge < -0.3 is 9.64 Å². The van der Waals surface area contributed by atoms with Crippen LogP contribution in [0.3, 0.4) is 0 Å². The van der Waals surface area contributed by atoms with E-state index in [0.29, 0.717) is 0 Å². The number of halogens is 1. The molecule has 0 unspecified atom stereocenters. The van der Waals surface area contributed by atoms with Gasteiger partial charge in [0.1, 0.15) is 6.54 Å². The third kappa shape index (κ3) is 2.87. The van der Waals surface area contributed by atoms with E-state index in [2.05, 4.69) is 4.74 Å². The molecule has 1 amide bonds. The Bertz CT molecular complexity index is 226. The predicted octanol–water partition coefficient (Wildman–Crippen LogP) is 1.76. The average Bonchev–Trinajstić information content (AvgIpc) is 2.65. The summed E-state index contributed by atoms with van der Waals surface area (Å²) in [5.41, 5.74) is 0. The number of methoxy groups -OCH3 is 1. The normalized spacial score (nSPS) is 16.7. The Morgan fingerprint density at radius 1 is 1.43 bits per heavy atom. The van der Waals surface area contributed by atoms with E-state index in [1.807, 2.05) is 0 Å². The zero-order chi connectivity index (χ0) is 10.6. The van der Waals surface area contributed by atoms with E-state index >= 15 is 0 Å². The minimum atomic E-state index is -0.567. The van der Waals surface area contributed by atoms with Gasteiger partial charge in [-0.05, 0) is 24.4 Å². The fourth-order valence-electron chi connectivity index (χ4n) is 1.75. The summed E-state index contributed by atoms with van der Waals surface area (Å²) in [6.07, 6.45) is 4.03. The monoisotopic (exact) mass is 219 g/mol. The van der Waals surface area contributed by atoms with Gasteiger partial charge in [-0.15, -0.1) is 0 Å². The van der Waals surface area contributed by atoms with Crippen LogP contribution in [0.2, 0.25) is 0 Å². The van der Waals surface area contributed by atoms with Crippen molar-refractivity contribution in [3.63, 3.8) is 0 Å². The van der Waals surface area contributed by atoms with Crippen molar-refractivity contribution in [3.8, 4) is 0 Å². The molecule has 0 aromatic heterocycles. The molecule has 0 spiro atoms. The summed E-state index contributed by atoms with van der Waals surface area (Å²) < 4.78 is 4.50. The Kier molecular flexibility index (Phi) is 4.20. The number of esters is 1. The zero-order valence-electron chi connectivity index (χ0n) is 8.16. The van der Waals surface area contributed by atoms with Gasteiger partial charge in [-0.25, -0.2) is 0 Å². The second-order valence-corrected chi connectivity index (χ2v) is 3.72. The van der Waals surface area contributed by atoms with Crippen LogP contribution in [0.5, 0.6) is 0 Å². The number of ether oxygens (including phenoxy) is 1. The fraction of sp³-hybridized carbons (Fsp3) is 0.778. The van der Waals surface area contributed by atoms with Crippen LogP contribution in [0, 0.1) is 0 Å². The van der Waals surface area contributed by atoms with Crippen LogP contribution in [0.1, 0.15) is 25.7 Å². The highest BCUT2D eigenvalue weighted by molar-refractivity contribution is 6.62. The zero-order valence-corrected chi connectivity index (χ0v) is 8.92. The second kappa shape index (κ2) is 5.20. The summed E-state index contributed by atoms with van der Waals surface area (Å²) >= 11 is 5.40. The van der Waals surface area contributed by atoms with E-state index in [1.54, 1.807) is 0 Å². The SMILES string of the molecule is COC(=O)CN(C(=O)Cl)C1CCCC1. The maximum Gasteiger partial charge on any atom is 0.325 e. The average molecular weight is 220 g/mol. The Morgan fingerprint density at radius 2 is 2.00 bits per heavy atom. The van der Waals surface area contributed by atoms with Gasteiger partial charge in [0.05, 0.1) is 7.11 Å². The summed E-state index contributed by atoms with van der Waals surface area (Å²) in [7, 11) is 1.30. The highest BCUT2D eigenvalue weighted by atomic mass is 35.5. The predicted molar refractivity (Wildman–Crippen MR) is 52.2 cm³/mol. The van der Waals surface area contributed by atoms with Gasteiger partial charge in [0, 0.05) is 6.04 Å². The Hall–Kier alpha value is -0.770. The van der Waals surface area contributed by atoms with Crippen molar-refractivity contribution >= 4 is 22.9 Å². The van der Waals surface area contributed by atoms with Crippen LogP contribution in [-0.2, 0) is 9.53 Å². The molecule has 4 nitrogen and oxygen atoms in total. The number of nitrogens with zero attached hydrogens (tertiary/aromatic N) is 1. The van der Waals surface area contributed by atoms with E-state index in [0.717, 1.165) is 25.7 Å². The maximum atomic E-state index is 11.1. The van der Waals surface area contributed by atoms with E-state index < -0.39 is 11.3 Å². The molecule has 0 N–H and O–H groups in total. The largest absolute Gasteiger partial charge is 0.468 e. The number of rotatable bonds is 3. The highest BCUT2D eigenvalue weighted by Gasteiger charge is 2.27. The minimum absolute atomic E-state index is 0.0382. The van der Waals surface area contributed by atoms with Crippen LogP contribution in [0.4, 0.5) is 4.79 Å². The molecule has 0 aromatic carbocycles. The van der Waals surface area contributed by atoms with Crippen molar-refractivity contribution in [2.45, 2.75) is 31.7 Å². The molecule has 1 aliphatic rings. The minimum Gasteiger partial charge on any atom is -0.468 e. The lowest BCUT2D eigenvalue weighted by Gasteiger charge is -2.24. The molecule has 0 saturated heterocycles. The quantitative estimate of drug-likeness (QED) is 0.413. The summed E-state index contributed by atoms with van der Waals surface area (Å²) in [5.74, 6) is -0.425. The van der Waals surface area contributed by atoms with Gasteiger partial charge in [-0.3, -0.25) is 9.59 Å². The van der Waals surface area contributed by atoms with Crippen LogP contribution >= 0.6 is 11.6 Å². The Morgan fingerprint density at radius 3 is 2.43 bits per heavy atom. The molecule has 14 heavy (non-hydrogen) atoms. The topological polar surface area (TPSA) is 46.6 Å². The maximum absolute atomic E-state index is 11.1. The number of hydrogen-bond donors (Lipinski definition) is 0. The third-order valence-corrected chi connectivity index (χ3v) is 2.74. The smallest absolute Gasteiger partial charge is 0.325 e.